The van der Waals surface area contributed by atoms with Gasteiger partial charge in [0, 0.05) is 18.0 Å². The Labute approximate surface area is 201 Å². The van der Waals surface area contributed by atoms with Gasteiger partial charge in [-0.3, -0.25) is 5.10 Å². The second-order valence-corrected chi connectivity index (χ2v) is 9.10. The number of hydrogen-bond acceptors (Lipinski definition) is 5. The maximum Gasteiger partial charge on any atom is 0.134 e. The molecule has 2 N–H and O–H groups in total. The van der Waals surface area contributed by atoms with E-state index in [4.69, 9.17) is 4.74 Å². The van der Waals surface area contributed by atoms with Gasteiger partial charge in [-0.05, 0) is 85.5 Å². The Morgan fingerprint density at radius 2 is 1.91 bits per heavy atom. The largest absolute Gasteiger partial charge is 0.491 e. The van der Waals surface area contributed by atoms with Crippen molar-refractivity contribution in [1.82, 2.24) is 30.5 Å². The summed E-state index contributed by atoms with van der Waals surface area (Å²) in [5.41, 5.74) is 7.45. The molecule has 0 saturated carbocycles. The lowest BCUT2D eigenvalue weighted by molar-refractivity contribution is 0.241. The molecule has 0 aliphatic carbocycles. The second-order valence-electron chi connectivity index (χ2n) is 9.10. The van der Waals surface area contributed by atoms with Crippen molar-refractivity contribution < 1.29 is 9.13 Å². The van der Waals surface area contributed by atoms with Crippen LogP contribution < -0.4 is 10.1 Å². The molecule has 5 aromatic rings. The summed E-state index contributed by atoms with van der Waals surface area (Å²) in [6, 6.07) is 17.0. The molecule has 3 heterocycles. The van der Waals surface area contributed by atoms with E-state index in [1.54, 1.807) is 4.68 Å². The lowest BCUT2D eigenvalue weighted by atomic mass is 10.0. The number of aromatic nitrogens is 5. The van der Waals surface area contributed by atoms with Gasteiger partial charge in [0.05, 0.1) is 23.5 Å². The van der Waals surface area contributed by atoms with Crippen LogP contribution in [0.4, 0.5) is 4.39 Å². The zero-order valence-electron chi connectivity index (χ0n) is 19.5. The summed E-state index contributed by atoms with van der Waals surface area (Å²) >= 11 is 0. The van der Waals surface area contributed by atoms with Gasteiger partial charge in [0.25, 0.3) is 0 Å². The van der Waals surface area contributed by atoms with Crippen LogP contribution in [0.3, 0.4) is 0 Å². The highest BCUT2D eigenvalue weighted by Gasteiger charge is 2.16. The average molecular weight is 469 g/mol. The number of benzene rings is 3. The Bertz CT molecular complexity index is 1540. The van der Waals surface area contributed by atoms with Crippen LogP contribution >= 0.6 is 0 Å². The first-order chi connectivity index (χ1) is 17.0. The number of nitrogens with one attached hydrogen (secondary N) is 2. The minimum atomic E-state index is -0.339. The molecule has 0 amide bonds. The molecule has 2 aromatic heterocycles. The third kappa shape index (κ3) is 4.17. The first-order valence-electron chi connectivity index (χ1n) is 11.7. The number of hydrogen-bond donors (Lipinski definition) is 2. The summed E-state index contributed by atoms with van der Waals surface area (Å²) in [6.45, 7) is 5.71. The van der Waals surface area contributed by atoms with Gasteiger partial charge >= 0.3 is 0 Å². The van der Waals surface area contributed by atoms with Crippen LogP contribution in [0.5, 0.6) is 5.75 Å². The molecule has 35 heavy (non-hydrogen) atoms. The fourth-order valence-electron chi connectivity index (χ4n) is 4.57. The molecular weight excluding hydrogens is 443 g/mol. The Morgan fingerprint density at radius 1 is 1.00 bits per heavy atom. The summed E-state index contributed by atoms with van der Waals surface area (Å²) in [5.74, 6) is 0.166. The Morgan fingerprint density at radius 3 is 2.80 bits per heavy atom. The number of halogens is 1. The van der Waals surface area contributed by atoms with Crippen LogP contribution in [0.2, 0.25) is 0 Å². The number of fused-ring (bicyclic) bond motifs is 2. The summed E-state index contributed by atoms with van der Waals surface area (Å²) in [4.78, 5) is 0. The SMILES string of the molecule is CC(C)Oc1cc(F)cc(-c2ccc3[nH]nc(-c4cn(-c5ccc6c(c5)CNCC6)nn4)c3c2)c1. The Balaban J connectivity index is 1.36. The summed E-state index contributed by atoms with van der Waals surface area (Å²) in [7, 11) is 0. The minimum Gasteiger partial charge on any atom is -0.491 e. The number of ether oxygens (including phenoxy) is 1. The third-order valence-corrected chi connectivity index (χ3v) is 6.22. The quantitative estimate of drug-likeness (QED) is 0.377. The van der Waals surface area contributed by atoms with E-state index in [-0.39, 0.29) is 11.9 Å². The van der Waals surface area contributed by atoms with Gasteiger partial charge in [-0.2, -0.15) is 5.10 Å². The first kappa shape index (κ1) is 21.5. The molecule has 0 bridgehead atoms. The molecule has 6 rings (SSSR count). The maximum absolute atomic E-state index is 14.3. The fraction of sp³-hybridized carbons (Fsp3) is 0.222. The molecule has 0 saturated heterocycles. The number of aromatic amines is 1. The van der Waals surface area contributed by atoms with Gasteiger partial charge in [-0.1, -0.05) is 17.3 Å². The van der Waals surface area contributed by atoms with Crippen molar-refractivity contribution in [2.75, 3.05) is 6.54 Å². The first-order valence-corrected chi connectivity index (χ1v) is 11.7. The molecule has 0 unspecified atom stereocenters. The fourth-order valence-corrected chi connectivity index (χ4v) is 4.57. The standard InChI is InChI=1S/C27H25FN6O/c1-16(2)35-23-11-19(9-21(28)13-23)18-4-6-25-24(12-18)27(32-30-25)26-15-34(33-31-26)22-5-3-17-7-8-29-14-20(17)10-22/h3-6,9-13,15-16,29H,7-8,14H2,1-2H3,(H,30,32). The zero-order valence-corrected chi connectivity index (χ0v) is 19.5. The van der Waals surface area contributed by atoms with Crippen LogP contribution in [0, 0.1) is 5.82 Å². The minimum absolute atomic E-state index is 0.0402. The van der Waals surface area contributed by atoms with Crippen LogP contribution in [0.15, 0.2) is 60.8 Å². The van der Waals surface area contributed by atoms with E-state index in [1.165, 1.54) is 23.3 Å². The number of rotatable bonds is 5. The molecule has 7 nitrogen and oxygen atoms in total. The van der Waals surface area contributed by atoms with Crippen LogP contribution in [-0.2, 0) is 13.0 Å². The normalized spacial score (nSPS) is 13.4. The maximum atomic E-state index is 14.3. The van der Waals surface area contributed by atoms with Crippen LogP contribution in [0.25, 0.3) is 39.1 Å². The van der Waals surface area contributed by atoms with Gasteiger partial charge in [-0.15, -0.1) is 5.10 Å². The molecule has 0 radical (unpaired) electrons. The van der Waals surface area contributed by atoms with Crippen molar-refractivity contribution in [3.63, 3.8) is 0 Å². The number of nitrogens with zero attached hydrogens (tertiary/aromatic N) is 4. The van der Waals surface area contributed by atoms with E-state index >= 15 is 0 Å². The van der Waals surface area contributed by atoms with Crippen molar-refractivity contribution in [2.24, 2.45) is 0 Å². The second kappa shape index (κ2) is 8.63. The lowest BCUT2D eigenvalue weighted by Gasteiger charge is -2.17. The summed E-state index contributed by atoms with van der Waals surface area (Å²) in [5, 5.41) is 20.6. The van der Waals surface area contributed by atoms with E-state index in [2.05, 4.69) is 44.0 Å². The number of H-pyrrole nitrogens is 1. The Hall–Kier alpha value is -4.04. The highest BCUT2D eigenvalue weighted by Crippen LogP contribution is 2.32. The molecule has 0 atom stereocenters. The lowest BCUT2D eigenvalue weighted by Crippen LogP contribution is -2.23. The molecule has 3 aromatic carbocycles. The van der Waals surface area contributed by atoms with Crippen molar-refractivity contribution in [3.05, 3.63) is 77.7 Å². The molecule has 1 aliphatic rings. The Kier molecular flexibility index (Phi) is 5.30. The highest BCUT2D eigenvalue weighted by atomic mass is 19.1. The predicted molar refractivity (Wildman–Crippen MR) is 133 cm³/mol. The predicted octanol–water partition coefficient (Wildman–Crippen LogP) is 5.05. The van der Waals surface area contributed by atoms with Crippen molar-refractivity contribution >= 4 is 10.9 Å². The van der Waals surface area contributed by atoms with Gasteiger partial charge in [-0.25, -0.2) is 9.07 Å². The van der Waals surface area contributed by atoms with Gasteiger partial charge < -0.3 is 10.1 Å². The van der Waals surface area contributed by atoms with Gasteiger partial charge in [0.1, 0.15) is 23.0 Å². The zero-order chi connectivity index (χ0) is 23.9. The van der Waals surface area contributed by atoms with E-state index in [9.17, 15) is 4.39 Å². The topological polar surface area (TPSA) is 80.6 Å². The van der Waals surface area contributed by atoms with E-state index in [1.807, 2.05) is 44.3 Å². The molecule has 1 aliphatic heterocycles. The molecule has 0 fully saturated rings. The van der Waals surface area contributed by atoms with Crippen molar-refractivity contribution in [2.45, 2.75) is 32.9 Å². The van der Waals surface area contributed by atoms with E-state index in [0.29, 0.717) is 17.1 Å². The average Bonchev–Trinajstić information content (AvgIpc) is 3.50. The van der Waals surface area contributed by atoms with Crippen molar-refractivity contribution in [3.8, 4) is 34.0 Å². The smallest absolute Gasteiger partial charge is 0.134 e. The van der Waals surface area contributed by atoms with Gasteiger partial charge in [0.2, 0.25) is 0 Å². The molecular formula is C27H25FN6O. The molecule has 176 valence electrons. The monoisotopic (exact) mass is 468 g/mol. The summed E-state index contributed by atoms with van der Waals surface area (Å²) in [6.07, 6.45) is 2.88. The van der Waals surface area contributed by atoms with E-state index in [0.717, 1.165) is 47.2 Å². The summed E-state index contributed by atoms with van der Waals surface area (Å²) < 4.78 is 21.8. The van der Waals surface area contributed by atoms with Crippen LogP contribution in [0.1, 0.15) is 25.0 Å². The van der Waals surface area contributed by atoms with E-state index < -0.39 is 0 Å². The van der Waals surface area contributed by atoms with Gasteiger partial charge in [0.15, 0.2) is 0 Å². The van der Waals surface area contributed by atoms with Crippen LogP contribution in [-0.4, -0.2) is 37.8 Å². The highest BCUT2D eigenvalue weighted by molar-refractivity contribution is 5.94. The van der Waals surface area contributed by atoms with Crippen molar-refractivity contribution in [1.29, 1.82) is 0 Å². The molecule has 8 heteroatoms. The third-order valence-electron chi connectivity index (χ3n) is 6.22. The molecule has 0 spiro atoms.